The topological polar surface area (TPSA) is 41.6 Å². The molecule has 0 spiro atoms. The van der Waals surface area contributed by atoms with E-state index < -0.39 is 0 Å². The molecule has 1 N–H and O–H groups in total. The number of ether oxygens (including phenoxy) is 1. The van der Waals surface area contributed by atoms with Gasteiger partial charge in [-0.1, -0.05) is 6.92 Å². The normalized spacial score (nSPS) is 19.9. The minimum absolute atomic E-state index is 0.173. The smallest absolute Gasteiger partial charge is 0.228 e. The Morgan fingerprint density at radius 3 is 2.60 bits per heavy atom. The number of nitrogens with one attached hydrogen (secondary N) is 1. The average molecular weight is 214 g/mol. The SMILES string of the molecule is COCCN(C)C(=O)C1(C)CCNCC1. The maximum atomic E-state index is 12.2. The molecular weight excluding hydrogens is 192 g/mol. The predicted molar refractivity (Wildman–Crippen MR) is 59.7 cm³/mol. The first-order valence-corrected chi connectivity index (χ1v) is 5.55. The Labute approximate surface area is 92.0 Å². The zero-order chi connectivity index (χ0) is 11.3. The molecule has 88 valence electrons. The van der Waals surface area contributed by atoms with E-state index in [1.165, 1.54) is 0 Å². The Morgan fingerprint density at radius 1 is 1.47 bits per heavy atom. The number of hydrogen-bond donors (Lipinski definition) is 1. The second-order valence-electron chi connectivity index (χ2n) is 4.53. The highest BCUT2D eigenvalue weighted by molar-refractivity contribution is 5.82. The lowest BCUT2D eigenvalue weighted by Crippen LogP contribution is -2.47. The summed E-state index contributed by atoms with van der Waals surface area (Å²) in [6, 6.07) is 0. The molecule has 1 heterocycles. The van der Waals surface area contributed by atoms with Crippen LogP contribution in [0.15, 0.2) is 0 Å². The quantitative estimate of drug-likeness (QED) is 0.740. The Hall–Kier alpha value is -0.610. The summed E-state index contributed by atoms with van der Waals surface area (Å²) in [4.78, 5) is 14.0. The molecule has 0 unspecified atom stereocenters. The van der Waals surface area contributed by atoms with Crippen molar-refractivity contribution in [3.63, 3.8) is 0 Å². The van der Waals surface area contributed by atoms with Gasteiger partial charge in [-0.3, -0.25) is 4.79 Å². The maximum Gasteiger partial charge on any atom is 0.228 e. The number of amides is 1. The van der Waals surface area contributed by atoms with Crippen LogP contribution in [-0.4, -0.2) is 51.2 Å². The second kappa shape index (κ2) is 5.47. The van der Waals surface area contributed by atoms with Crippen LogP contribution in [0.2, 0.25) is 0 Å². The van der Waals surface area contributed by atoms with Crippen LogP contribution < -0.4 is 5.32 Å². The van der Waals surface area contributed by atoms with E-state index in [0.717, 1.165) is 25.9 Å². The van der Waals surface area contributed by atoms with E-state index in [9.17, 15) is 4.79 Å². The molecule has 1 rings (SSSR count). The molecule has 0 aliphatic carbocycles. The fourth-order valence-electron chi connectivity index (χ4n) is 1.98. The molecule has 1 aliphatic heterocycles. The van der Waals surface area contributed by atoms with Gasteiger partial charge in [0.05, 0.1) is 6.61 Å². The third-order valence-electron chi connectivity index (χ3n) is 3.20. The van der Waals surface area contributed by atoms with Crippen molar-refractivity contribution in [2.75, 3.05) is 40.4 Å². The monoisotopic (exact) mass is 214 g/mol. The van der Waals surface area contributed by atoms with Crippen molar-refractivity contribution in [2.45, 2.75) is 19.8 Å². The molecule has 4 nitrogen and oxygen atoms in total. The van der Waals surface area contributed by atoms with Gasteiger partial charge in [0.25, 0.3) is 0 Å². The molecule has 0 radical (unpaired) electrons. The highest BCUT2D eigenvalue weighted by atomic mass is 16.5. The molecule has 1 saturated heterocycles. The van der Waals surface area contributed by atoms with Gasteiger partial charge in [0.15, 0.2) is 0 Å². The number of nitrogens with zero attached hydrogens (tertiary/aromatic N) is 1. The van der Waals surface area contributed by atoms with E-state index in [4.69, 9.17) is 4.74 Å². The molecule has 4 heteroatoms. The number of methoxy groups -OCH3 is 1. The van der Waals surface area contributed by atoms with Crippen molar-refractivity contribution < 1.29 is 9.53 Å². The number of likely N-dealkylation sites (N-methyl/N-ethyl adjacent to an activating group) is 1. The Balaban J connectivity index is 2.49. The lowest BCUT2D eigenvalue weighted by molar-refractivity contribution is -0.141. The van der Waals surface area contributed by atoms with Crippen molar-refractivity contribution >= 4 is 5.91 Å². The molecule has 0 saturated carbocycles. The van der Waals surface area contributed by atoms with E-state index >= 15 is 0 Å². The van der Waals surface area contributed by atoms with Crippen LogP contribution >= 0.6 is 0 Å². The Kier molecular flexibility index (Phi) is 4.54. The van der Waals surface area contributed by atoms with E-state index in [1.54, 1.807) is 12.0 Å². The van der Waals surface area contributed by atoms with Crippen molar-refractivity contribution in [1.29, 1.82) is 0 Å². The zero-order valence-electron chi connectivity index (χ0n) is 10.0. The van der Waals surface area contributed by atoms with Crippen molar-refractivity contribution in [3.05, 3.63) is 0 Å². The Morgan fingerprint density at radius 2 is 2.07 bits per heavy atom. The number of carbonyl (C=O) groups excluding carboxylic acids is 1. The van der Waals surface area contributed by atoms with Crippen LogP contribution in [-0.2, 0) is 9.53 Å². The van der Waals surface area contributed by atoms with Gasteiger partial charge in [0, 0.05) is 26.1 Å². The minimum atomic E-state index is -0.173. The standard InChI is InChI=1S/C11H22N2O2/c1-11(4-6-12-7-5-11)10(14)13(2)8-9-15-3/h12H,4-9H2,1-3H3. The first-order chi connectivity index (χ1) is 7.10. The molecule has 0 aromatic rings. The summed E-state index contributed by atoms with van der Waals surface area (Å²) in [5.74, 6) is 0.251. The highest BCUT2D eigenvalue weighted by Crippen LogP contribution is 2.29. The van der Waals surface area contributed by atoms with Gasteiger partial charge in [0.1, 0.15) is 0 Å². The summed E-state index contributed by atoms with van der Waals surface area (Å²) in [7, 11) is 3.51. The lowest BCUT2D eigenvalue weighted by Gasteiger charge is -2.35. The lowest BCUT2D eigenvalue weighted by atomic mass is 9.80. The van der Waals surface area contributed by atoms with E-state index in [2.05, 4.69) is 12.2 Å². The molecule has 0 bridgehead atoms. The molecule has 0 atom stereocenters. The molecule has 0 aromatic carbocycles. The first-order valence-electron chi connectivity index (χ1n) is 5.55. The number of hydrogen-bond acceptors (Lipinski definition) is 3. The van der Waals surface area contributed by atoms with Crippen LogP contribution in [0.1, 0.15) is 19.8 Å². The largest absolute Gasteiger partial charge is 0.383 e. The summed E-state index contributed by atoms with van der Waals surface area (Å²) in [5, 5.41) is 3.28. The summed E-state index contributed by atoms with van der Waals surface area (Å²) >= 11 is 0. The Bertz CT molecular complexity index is 213. The average Bonchev–Trinajstić information content (AvgIpc) is 2.26. The van der Waals surface area contributed by atoms with Gasteiger partial charge in [0.2, 0.25) is 5.91 Å². The highest BCUT2D eigenvalue weighted by Gasteiger charge is 2.36. The third-order valence-corrected chi connectivity index (χ3v) is 3.20. The van der Waals surface area contributed by atoms with Gasteiger partial charge in [-0.15, -0.1) is 0 Å². The molecule has 1 fully saturated rings. The van der Waals surface area contributed by atoms with Crippen LogP contribution in [0, 0.1) is 5.41 Å². The fourth-order valence-corrected chi connectivity index (χ4v) is 1.98. The maximum absolute atomic E-state index is 12.2. The van der Waals surface area contributed by atoms with Gasteiger partial charge >= 0.3 is 0 Å². The molecule has 0 aromatic heterocycles. The second-order valence-corrected chi connectivity index (χ2v) is 4.53. The fraction of sp³-hybridized carbons (Fsp3) is 0.909. The van der Waals surface area contributed by atoms with E-state index in [1.807, 2.05) is 7.05 Å². The molecule has 1 aliphatic rings. The summed E-state index contributed by atoms with van der Waals surface area (Å²) in [6.07, 6.45) is 1.87. The summed E-state index contributed by atoms with van der Waals surface area (Å²) in [5.41, 5.74) is -0.173. The summed E-state index contributed by atoms with van der Waals surface area (Å²) < 4.78 is 4.98. The van der Waals surface area contributed by atoms with Gasteiger partial charge in [-0.2, -0.15) is 0 Å². The molecule has 1 amide bonds. The van der Waals surface area contributed by atoms with E-state index in [-0.39, 0.29) is 11.3 Å². The summed E-state index contributed by atoms with van der Waals surface area (Å²) in [6.45, 7) is 5.25. The van der Waals surface area contributed by atoms with Gasteiger partial charge in [-0.05, 0) is 25.9 Å². The van der Waals surface area contributed by atoms with Crippen LogP contribution in [0.25, 0.3) is 0 Å². The van der Waals surface area contributed by atoms with Crippen molar-refractivity contribution in [2.24, 2.45) is 5.41 Å². The molecule has 15 heavy (non-hydrogen) atoms. The number of carbonyl (C=O) groups is 1. The van der Waals surface area contributed by atoms with Crippen LogP contribution in [0.4, 0.5) is 0 Å². The number of piperidine rings is 1. The van der Waals surface area contributed by atoms with E-state index in [0.29, 0.717) is 13.2 Å². The molecular formula is C11H22N2O2. The van der Waals surface area contributed by atoms with Gasteiger partial charge < -0.3 is 15.0 Å². The zero-order valence-corrected chi connectivity index (χ0v) is 10.0. The number of rotatable bonds is 4. The van der Waals surface area contributed by atoms with Crippen LogP contribution in [0.5, 0.6) is 0 Å². The first kappa shape index (κ1) is 12.5. The van der Waals surface area contributed by atoms with Crippen molar-refractivity contribution in [3.8, 4) is 0 Å². The van der Waals surface area contributed by atoms with Crippen molar-refractivity contribution in [1.82, 2.24) is 10.2 Å². The third kappa shape index (κ3) is 3.18. The van der Waals surface area contributed by atoms with Crippen LogP contribution in [0.3, 0.4) is 0 Å². The minimum Gasteiger partial charge on any atom is -0.383 e. The predicted octanol–water partition coefficient (Wildman–Crippen LogP) is 0.481. The van der Waals surface area contributed by atoms with Gasteiger partial charge in [-0.25, -0.2) is 0 Å².